The molecule has 6 nitrogen and oxygen atoms in total. The molecule has 2 amide bonds. The van der Waals surface area contributed by atoms with Crippen LogP contribution in [0.25, 0.3) is 0 Å². The van der Waals surface area contributed by atoms with Crippen LogP contribution in [0.5, 0.6) is 0 Å². The summed E-state index contributed by atoms with van der Waals surface area (Å²) in [4.78, 5) is 36.4. The number of halogens is 1. The third-order valence-corrected chi connectivity index (χ3v) is 4.68. The molecule has 0 aliphatic heterocycles. The van der Waals surface area contributed by atoms with Crippen molar-refractivity contribution in [2.45, 2.75) is 46.3 Å². The lowest BCUT2D eigenvalue weighted by Gasteiger charge is -2.20. The van der Waals surface area contributed by atoms with Gasteiger partial charge in [-0.05, 0) is 49.6 Å². The minimum absolute atomic E-state index is 0.109. The molecule has 2 aromatic carbocycles. The lowest BCUT2D eigenvalue weighted by molar-refractivity contribution is -0.153. The van der Waals surface area contributed by atoms with Gasteiger partial charge in [-0.15, -0.1) is 0 Å². The first-order chi connectivity index (χ1) is 13.7. The predicted octanol–water partition coefficient (Wildman–Crippen LogP) is 4.09. The fraction of sp³-hybridized carbons (Fsp3) is 0.318. The molecule has 29 heavy (non-hydrogen) atoms. The highest BCUT2D eigenvalue weighted by Crippen LogP contribution is 2.22. The van der Waals surface area contributed by atoms with Gasteiger partial charge in [0, 0.05) is 17.6 Å². The van der Waals surface area contributed by atoms with Crippen LogP contribution in [-0.2, 0) is 19.1 Å². The highest BCUT2D eigenvalue weighted by Gasteiger charge is 2.23. The van der Waals surface area contributed by atoms with E-state index in [2.05, 4.69) is 10.6 Å². The number of carbonyl (C=O) groups excluding carboxylic acids is 3. The van der Waals surface area contributed by atoms with E-state index in [9.17, 15) is 14.4 Å². The van der Waals surface area contributed by atoms with Crippen molar-refractivity contribution < 1.29 is 19.1 Å². The monoisotopic (exact) mass is 416 g/mol. The molecule has 2 N–H and O–H groups in total. The topological polar surface area (TPSA) is 84.5 Å². The van der Waals surface area contributed by atoms with E-state index in [1.165, 1.54) is 13.8 Å². The molecule has 0 aliphatic rings. The third kappa shape index (κ3) is 6.61. The number of ether oxygens (including phenoxy) is 1. The molecule has 2 aromatic rings. The quantitative estimate of drug-likeness (QED) is 0.665. The highest BCUT2D eigenvalue weighted by molar-refractivity contribution is 6.30. The number of aryl methyl sites for hydroxylation is 2. The molecule has 0 saturated heterocycles. The van der Waals surface area contributed by atoms with Crippen molar-refractivity contribution in [3.63, 3.8) is 0 Å². The van der Waals surface area contributed by atoms with Crippen molar-refractivity contribution in [1.82, 2.24) is 5.32 Å². The van der Waals surface area contributed by atoms with Crippen molar-refractivity contribution >= 4 is 35.1 Å². The van der Waals surface area contributed by atoms with Gasteiger partial charge in [-0.2, -0.15) is 0 Å². The van der Waals surface area contributed by atoms with Crippen LogP contribution < -0.4 is 10.6 Å². The summed E-state index contributed by atoms with van der Waals surface area (Å²) >= 11 is 5.90. The first-order valence-electron chi connectivity index (χ1n) is 9.26. The Bertz CT molecular complexity index is 876. The van der Waals surface area contributed by atoms with E-state index in [1.54, 1.807) is 24.3 Å². The molecule has 0 spiro atoms. The molecule has 0 radical (unpaired) electrons. The lowest BCUT2D eigenvalue weighted by atomic mass is 10.0. The Morgan fingerprint density at radius 2 is 1.62 bits per heavy atom. The molecule has 0 bridgehead atoms. The summed E-state index contributed by atoms with van der Waals surface area (Å²) in [6, 6.07) is 11.9. The number of hydrogen-bond acceptors (Lipinski definition) is 4. The van der Waals surface area contributed by atoms with Crippen molar-refractivity contribution in [3.8, 4) is 0 Å². The van der Waals surface area contributed by atoms with Crippen molar-refractivity contribution in [2.24, 2.45) is 0 Å². The number of para-hydroxylation sites is 1. The van der Waals surface area contributed by atoms with Gasteiger partial charge in [0.15, 0.2) is 6.10 Å². The molecule has 0 aromatic heterocycles. The van der Waals surface area contributed by atoms with Crippen LogP contribution in [0.4, 0.5) is 5.69 Å². The first-order valence-corrected chi connectivity index (χ1v) is 9.64. The maximum atomic E-state index is 12.5. The summed E-state index contributed by atoms with van der Waals surface area (Å²) in [5.74, 6) is -1.29. The number of anilines is 1. The molecule has 154 valence electrons. The SMILES string of the molecule is CC(=O)NC(CC(=O)OC(C)C(=O)Nc1c(C)cccc1C)c1ccc(Cl)cc1. The van der Waals surface area contributed by atoms with Crippen LogP contribution in [-0.4, -0.2) is 23.9 Å². The molecule has 0 aliphatic carbocycles. The number of esters is 1. The maximum Gasteiger partial charge on any atom is 0.309 e. The number of amides is 2. The zero-order chi connectivity index (χ0) is 21.6. The summed E-state index contributed by atoms with van der Waals surface area (Å²) in [7, 11) is 0. The van der Waals surface area contributed by atoms with E-state index in [4.69, 9.17) is 16.3 Å². The van der Waals surface area contributed by atoms with Gasteiger partial charge in [0.2, 0.25) is 5.91 Å². The molecule has 2 unspecified atom stereocenters. The number of rotatable bonds is 7. The van der Waals surface area contributed by atoms with Gasteiger partial charge in [-0.25, -0.2) is 0 Å². The van der Waals surface area contributed by atoms with Crippen molar-refractivity contribution in [3.05, 3.63) is 64.2 Å². The van der Waals surface area contributed by atoms with E-state index in [1.807, 2.05) is 32.0 Å². The maximum absolute atomic E-state index is 12.5. The molecule has 0 saturated carbocycles. The second-order valence-electron chi connectivity index (χ2n) is 6.90. The molecule has 2 atom stereocenters. The van der Waals surface area contributed by atoms with Crippen LogP contribution in [0.2, 0.25) is 5.02 Å². The minimum atomic E-state index is -0.982. The van der Waals surface area contributed by atoms with Crippen LogP contribution >= 0.6 is 11.6 Å². The van der Waals surface area contributed by atoms with Crippen LogP contribution in [0, 0.1) is 13.8 Å². The van der Waals surface area contributed by atoms with Gasteiger partial charge in [-0.1, -0.05) is 41.9 Å². The van der Waals surface area contributed by atoms with Gasteiger partial charge in [-0.3, -0.25) is 14.4 Å². The number of carbonyl (C=O) groups is 3. The van der Waals surface area contributed by atoms with E-state index in [-0.39, 0.29) is 12.3 Å². The minimum Gasteiger partial charge on any atom is -0.452 e. The molecular formula is C22H25ClN2O4. The van der Waals surface area contributed by atoms with Crippen molar-refractivity contribution in [1.29, 1.82) is 0 Å². The largest absolute Gasteiger partial charge is 0.452 e. The van der Waals surface area contributed by atoms with E-state index in [0.29, 0.717) is 16.3 Å². The van der Waals surface area contributed by atoms with Gasteiger partial charge in [0.25, 0.3) is 5.91 Å². The Kier molecular flexibility index (Phi) is 7.79. The molecule has 2 rings (SSSR count). The average molecular weight is 417 g/mol. The van der Waals surface area contributed by atoms with E-state index in [0.717, 1.165) is 11.1 Å². The zero-order valence-electron chi connectivity index (χ0n) is 16.9. The zero-order valence-corrected chi connectivity index (χ0v) is 17.7. The first kappa shape index (κ1) is 22.4. The Balaban J connectivity index is 2.02. The van der Waals surface area contributed by atoms with E-state index < -0.39 is 24.0 Å². The second-order valence-corrected chi connectivity index (χ2v) is 7.33. The van der Waals surface area contributed by atoms with E-state index >= 15 is 0 Å². The molecular weight excluding hydrogens is 392 g/mol. The fourth-order valence-corrected chi connectivity index (χ4v) is 3.02. The van der Waals surface area contributed by atoms with Crippen LogP contribution in [0.15, 0.2) is 42.5 Å². The Morgan fingerprint density at radius 3 is 2.17 bits per heavy atom. The molecule has 0 heterocycles. The van der Waals surface area contributed by atoms with Crippen LogP contribution in [0.1, 0.15) is 43.0 Å². The Labute approximate surface area is 175 Å². The van der Waals surface area contributed by atoms with Gasteiger partial charge >= 0.3 is 5.97 Å². The van der Waals surface area contributed by atoms with Crippen molar-refractivity contribution in [2.75, 3.05) is 5.32 Å². The Hall–Kier alpha value is -2.86. The summed E-state index contributed by atoms with van der Waals surface area (Å²) in [6.45, 7) is 6.66. The summed E-state index contributed by atoms with van der Waals surface area (Å²) in [5, 5.41) is 6.08. The number of benzene rings is 2. The summed E-state index contributed by atoms with van der Waals surface area (Å²) < 4.78 is 5.29. The lowest BCUT2D eigenvalue weighted by Crippen LogP contribution is -2.33. The molecule has 0 fully saturated rings. The second kappa shape index (κ2) is 10.1. The number of hydrogen-bond donors (Lipinski definition) is 2. The number of nitrogens with one attached hydrogen (secondary N) is 2. The smallest absolute Gasteiger partial charge is 0.309 e. The highest BCUT2D eigenvalue weighted by atomic mass is 35.5. The third-order valence-electron chi connectivity index (χ3n) is 4.43. The normalized spacial score (nSPS) is 12.6. The Morgan fingerprint density at radius 1 is 1.03 bits per heavy atom. The van der Waals surface area contributed by atoms with Gasteiger partial charge < -0.3 is 15.4 Å². The fourth-order valence-electron chi connectivity index (χ4n) is 2.89. The van der Waals surface area contributed by atoms with Crippen LogP contribution in [0.3, 0.4) is 0 Å². The predicted molar refractivity (Wildman–Crippen MR) is 113 cm³/mol. The summed E-state index contributed by atoms with van der Waals surface area (Å²) in [6.07, 6.45) is -1.09. The average Bonchev–Trinajstić information content (AvgIpc) is 2.64. The molecule has 7 heteroatoms. The van der Waals surface area contributed by atoms with Gasteiger partial charge in [0.1, 0.15) is 0 Å². The summed E-state index contributed by atoms with van der Waals surface area (Å²) in [5.41, 5.74) is 3.27. The standard InChI is InChI=1S/C22H25ClN2O4/c1-13-6-5-7-14(2)21(13)25-22(28)15(3)29-20(27)12-19(24-16(4)26)17-8-10-18(23)11-9-17/h5-11,15,19H,12H2,1-4H3,(H,24,26)(H,25,28). The van der Waals surface area contributed by atoms with Gasteiger partial charge in [0.05, 0.1) is 12.5 Å².